The molecule has 4 heteroatoms. The molecule has 0 saturated carbocycles. The fourth-order valence-corrected chi connectivity index (χ4v) is 0.963. The third-order valence-electron chi connectivity index (χ3n) is 1.79. The van der Waals surface area contributed by atoms with E-state index >= 15 is 0 Å². The predicted molar refractivity (Wildman–Crippen MR) is 44.2 cm³/mol. The van der Waals surface area contributed by atoms with Gasteiger partial charge in [-0.25, -0.2) is 0 Å². The van der Waals surface area contributed by atoms with Crippen LogP contribution in [-0.2, 0) is 0 Å². The third kappa shape index (κ3) is 2.45. The number of hydrogen-bond acceptors (Lipinski definition) is 1. The molecule has 0 bridgehead atoms. The number of rotatable bonds is 1. The number of aryl methyl sites for hydroxylation is 1. The van der Waals surface area contributed by atoms with E-state index in [0.29, 0.717) is 0 Å². The first-order valence-corrected chi connectivity index (χ1v) is 3.80. The molecule has 0 aliphatic heterocycles. The molecule has 1 aromatic rings. The molecule has 2 N–H and O–H groups in total. The molecule has 72 valence electrons. The van der Waals surface area contributed by atoms with Crippen molar-refractivity contribution in [3.8, 4) is 0 Å². The summed E-state index contributed by atoms with van der Waals surface area (Å²) in [6.45, 7) is 1.81. The molecule has 0 heterocycles. The predicted octanol–water partition coefficient (Wildman–Crippen LogP) is 2.56. The summed E-state index contributed by atoms with van der Waals surface area (Å²) in [4.78, 5) is 0. The molecule has 0 spiro atoms. The van der Waals surface area contributed by atoms with Crippen molar-refractivity contribution in [3.63, 3.8) is 0 Å². The van der Waals surface area contributed by atoms with Crippen LogP contribution in [0, 0.1) is 6.92 Å². The fourth-order valence-electron chi connectivity index (χ4n) is 0.963. The maximum absolute atomic E-state index is 12.1. The summed E-state index contributed by atoms with van der Waals surface area (Å²) in [5.74, 6) is 0. The highest BCUT2D eigenvalue weighted by atomic mass is 19.4. The topological polar surface area (TPSA) is 26.0 Å². The molecule has 13 heavy (non-hydrogen) atoms. The first kappa shape index (κ1) is 10.1. The number of hydrogen-bond donors (Lipinski definition) is 1. The highest BCUT2D eigenvalue weighted by Crippen LogP contribution is 2.30. The van der Waals surface area contributed by atoms with Crippen molar-refractivity contribution in [2.45, 2.75) is 19.1 Å². The Bertz CT molecular complexity index is 276. The Morgan fingerprint density at radius 3 is 2.00 bits per heavy atom. The van der Waals surface area contributed by atoms with E-state index in [4.69, 9.17) is 5.73 Å². The molecule has 1 aromatic carbocycles. The first-order chi connectivity index (χ1) is 5.91. The zero-order valence-corrected chi connectivity index (χ0v) is 7.10. The molecule has 0 fully saturated rings. The lowest BCUT2D eigenvalue weighted by Crippen LogP contribution is -2.28. The van der Waals surface area contributed by atoms with Crippen molar-refractivity contribution >= 4 is 0 Å². The van der Waals surface area contributed by atoms with Crippen LogP contribution < -0.4 is 5.73 Å². The van der Waals surface area contributed by atoms with Crippen LogP contribution in [0.25, 0.3) is 0 Å². The summed E-state index contributed by atoms with van der Waals surface area (Å²) in [5.41, 5.74) is 6.01. The van der Waals surface area contributed by atoms with E-state index in [9.17, 15) is 13.2 Å². The van der Waals surface area contributed by atoms with Gasteiger partial charge in [0.2, 0.25) is 0 Å². The second-order valence-corrected chi connectivity index (χ2v) is 2.93. The van der Waals surface area contributed by atoms with Gasteiger partial charge in [-0.15, -0.1) is 0 Å². The highest BCUT2D eigenvalue weighted by molar-refractivity contribution is 5.24. The van der Waals surface area contributed by atoms with Crippen molar-refractivity contribution < 1.29 is 13.2 Å². The maximum atomic E-state index is 12.1. The van der Waals surface area contributed by atoms with Gasteiger partial charge in [-0.2, -0.15) is 13.2 Å². The summed E-state index contributed by atoms with van der Waals surface area (Å²) >= 11 is 0. The summed E-state index contributed by atoms with van der Waals surface area (Å²) in [7, 11) is 0. The van der Waals surface area contributed by atoms with Crippen LogP contribution >= 0.6 is 0 Å². The Kier molecular flexibility index (Phi) is 2.61. The molecule has 0 unspecified atom stereocenters. The molecule has 0 aliphatic rings. The molecule has 1 atom stereocenters. The van der Waals surface area contributed by atoms with Gasteiger partial charge in [0.25, 0.3) is 0 Å². The van der Waals surface area contributed by atoms with E-state index < -0.39 is 12.2 Å². The average molecular weight is 189 g/mol. The van der Waals surface area contributed by atoms with Gasteiger partial charge in [-0.1, -0.05) is 29.8 Å². The third-order valence-corrected chi connectivity index (χ3v) is 1.79. The van der Waals surface area contributed by atoms with E-state index in [1.165, 1.54) is 12.1 Å². The van der Waals surface area contributed by atoms with Gasteiger partial charge in [0, 0.05) is 0 Å². The number of alkyl halides is 3. The Morgan fingerprint density at radius 1 is 1.15 bits per heavy atom. The molecule has 0 aliphatic carbocycles. The molecule has 0 aromatic heterocycles. The van der Waals surface area contributed by atoms with Crippen molar-refractivity contribution in [1.29, 1.82) is 0 Å². The first-order valence-electron chi connectivity index (χ1n) is 3.80. The smallest absolute Gasteiger partial charge is 0.316 e. The van der Waals surface area contributed by atoms with Gasteiger partial charge in [0.15, 0.2) is 0 Å². The van der Waals surface area contributed by atoms with Crippen LogP contribution in [0.2, 0.25) is 0 Å². The quantitative estimate of drug-likeness (QED) is 0.721. The zero-order chi connectivity index (χ0) is 10.1. The van der Waals surface area contributed by atoms with E-state index in [-0.39, 0.29) is 5.56 Å². The lowest BCUT2D eigenvalue weighted by molar-refractivity contribution is -0.149. The van der Waals surface area contributed by atoms with Gasteiger partial charge in [0.05, 0.1) is 0 Å². The number of nitrogens with two attached hydrogens (primary N) is 1. The van der Waals surface area contributed by atoms with Crippen molar-refractivity contribution in [3.05, 3.63) is 35.4 Å². The molecule has 0 radical (unpaired) electrons. The summed E-state index contributed by atoms with van der Waals surface area (Å²) < 4.78 is 36.3. The fraction of sp³-hybridized carbons (Fsp3) is 0.333. The highest BCUT2D eigenvalue weighted by Gasteiger charge is 2.37. The normalized spacial score (nSPS) is 14.2. The van der Waals surface area contributed by atoms with Crippen LogP contribution in [0.15, 0.2) is 24.3 Å². The van der Waals surface area contributed by atoms with E-state index in [0.717, 1.165) is 5.56 Å². The average Bonchev–Trinajstić information content (AvgIpc) is 2.03. The van der Waals surface area contributed by atoms with Gasteiger partial charge in [0.1, 0.15) is 6.04 Å². The van der Waals surface area contributed by atoms with Crippen molar-refractivity contribution in [2.24, 2.45) is 5.73 Å². The van der Waals surface area contributed by atoms with Gasteiger partial charge in [-0.05, 0) is 12.5 Å². The van der Waals surface area contributed by atoms with E-state index in [2.05, 4.69) is 0 Å². The largest absolute Gasteiger partial charge is 0.407 e. The summed E-state index contributed by atoms with van der Waals surface area (Å²) in [6.07, 6.45) is -4.37. The number of halogens is 3. The standard InChI is InChI=1S/C9H10F3N/c1-6-2-4-7(5-3-6)8(13)9(10,11)12/h2-5,8H,13H2,1H3/t8-/m1/s1. The minimum Gasteiger partial charge on any atom is -0.316 e. The Morgan fingerprint density at radius 2 is 1.62 bits per heavy atom. The number of benzene rings is 1. The molecule has 0 amide bonds. The molecular weight excluding hydrogens is 179 g/mol. The van der Waals surface area contributed by atoms with Crippen LogP contribution in [-0.4, -0.2) is 6.18 Å². The van der Waals surface area contributed by atoms with Gasteiger partial charge < -0.3 is 5.73 Å². The summed E-state index contributed by atoms with van der Waals surface area (Å²) in [6, 6.07) is 4.14. The van der Waals surface area contributed by atoms with Crippen LogP contribution in [0.1, 0.15) is 17.2 Å². The van der Waals surface area contributed by atoms with Crippen molar-refractivity contribution in [1.82, 2.24) is 0 Å². The maximum Gasteiger partial charge on any atom is 0.407 e. The lowest BCUT2D eigenvalue weighted by atomic mass is 10.1. The molecule has 0 saturated heterocycles. The minimum absolute atomic E-state index is 0.0955. The second-order valence-electron chi connectivity index (χ2n) is 2.93. The van der Waals surface area contributed by atoms with Crippen molar-refractivity contribution in [2.75, 3.05) is 0 Å². The van der Waals surface area contributed by atoms with Crippen LogP contribution in [0.3, 0.4) is 0 Å². The Balaban J connectivity index is 2.90. The second kappa shape index (κ2) is 3.38. The lowest BCUT2D eigenvalue weighted by Gasteiger charge is -2.15. The van der Waals surface area contributed by atoms with E-state index in [1.54, 1.807) is 12.1 Å². The Labute approximate surface area is 74.4 Å². The zero-order valence-electron chi connectivity index (χ0n) is 7.10. The molecule has 1 nitrogen and oxygen atoms in total. The van der Waals surface area contributed by atoms with Gasteiger partial charge in [-0.3, -0.25) is 0 Å². The monoisotopic (exact) mass is 189 g/mol. The van der Waals surface area contributed by atoms with Gasteiger partial charge >= 0.3 is 6.18 Å². The SMILES string of the molecule is Cc1ccc([C@@H](N)C(F)(F)F)cc1. The van der Waals surface area contributed by atoms with Crippen LogP contribution in [0.4, 0.5) is 13.2 Å². The minimum atomic E-state index is -4.37. The van der Waals surface area contributed by atoms with E-state index in [1.807, 2.05) is 6.92 Å². The molecular formula is C9H10F3N. The van der Waals surface area contributed by atoms with Crippen LogP contribution in [0.5, 0.6) is 0 Å². The molecule has 1 rings (SSSR count). The Hall–Kier alpha value is -1.03. The summed E-state index contributed by atoms with van der Waals surface area (Å²) in [5, 5.41) is 0.